The van der Waals surface area contributed by atoms with Crippen LogP contribution in [0.1, 0.15) is 52.3 Å². The van der Waals surface area contributed by atoms with Crippen LogP contribution < -0.4 is 0 Å². The number of rotatable bonds is 2. The third-order valence-corrected chi connectivity index (χ3v) is 7.20. The van der Waals surface area contributed by atoms with Crippen LogP contribution in [0.4, 0.5) is 0 Å². The van der Waals surface area contributed by atoms with E-state index in [2.05, 4.69) is 4.98 Å². The van der Waals surface area contributed by atoms with E-state index in [0.29, 0.717) is 24.2 Å². The molecular weight excluding hydrogens is 350 g/mol. The van der Waals surface area contributed by atoms with E-state index in [1.165, 1.54) is 6.07 Å². The van der Waals surface area contributed by atoms with Crippen molar-refractivity contribution in [3.8, 4) is 0 Å². The summed E-state index contributed by atoms with van der Waals surface area (Å²) in [5.41, 5.74) is 0.301. The Labute approximate surface area is 146 Å². The minimum absolute atomic E-state index is 0.0457. The second-order valence-electron chi connectivity index (χ2n) is 7.43. The lowest BCUT2D eigenvalue weighted by Gasteiger charge is -2.27. The number of sulfone groups is 1. The van der Waals surface area contributed by atoms with Crippen LogP contribution in [0, 0.1) is 0 Å². The van der Waals surface area contributed by atoms with Gasteiger partial charge in [0.2, 0.25) is 5.89 Å². The van der Waals surface area contributed by atoms with Crippen molar-refractivity contribution in [1.82, 2.24) is 4.98 Å². The molecule has 5 nitrogen and oxygen atoms in total. The Balaban J connectivity index is 2.21. The molecule has 24 heavy (non-hydrogen) atoms. The van der Waals surface area contributed by atoms with E-state index in [9.17, 15) is 13.5 Å². The van der Waals surface area contributed by atoms with Gasteiger partial charge in [-0.1, -0.05) is 45.2 Å². The molecule has 2 atom stereocenters. The van der Waals surface area contributed by atoms with E-state index in [4.69, 9.17) is 16.0 Å². The first-order valence-electron chi connectivity index (χ1n) is 8.14. The van der Waals surface area contributed by atoms with Crippen LogP contribution in [0.3, 0.4) is 0 Å². The molecule has 1 aliphatic carbocycles. The lowest BCUT2D eigenvalue weighted by atomic mass is 9.97. The molecule has 1 unspecified atom stereocenters. The largest absolute Gasteiger partial charge is 0.439 e. The molecule has 7 heteroatoms. The van der Waals surface area contributed by atoms with Crippen LogP contribution in [0.5, 0.6) is 0 Å². The molecule has 1 N–H and O–H groups in total. The minimum atomic E-state index is -3.82. The molecule has 2 aromatic rings. The van der Waals surface area contributed by atoms with Gasteiger partial charge in [-0.05, 0) is 25.0 Å². The Morgan fingerprint density at radius 3 is 2.54 bits per heavy atom. The fraction of sp³-hybridized carbons (Fsp3) is 0.588. The summed E-state index contributed by atoms with van der Waals surface area (Å²) in [5, 5.41) is 9.45. The number of halogens is 1. The fourth-order valence-corrected chi connectivity index (χ4v) is 5.67. The Bertz CT molecular complexity index is 867. The SMILES string of the molecule is CC(C)(C)c1nc2ccc(Cl)c(S(=O)(=O)C3CCCC[C@@H]3O)c2o1. The minimum Gasteiger partial charge on any atom is -0.439 e. The zero-order valence-electron chi connectivity index (χ0n) is 14.0. The number of aromatic nitrogens is 1. The molecule has 0 amide bonds. The summed E-state index contributed by atoms with van der Waals surface area (Å²) in [5.74, 6) is 0.459. The average Bonchev–Trinajstić information content (AvgIpc) is 2.91. The van der Waals surface area contributed by atoms with Gasteiger partial charge in [0.1, 0.15) is 10.4 Å². The van der Waals surface area contributed by atoms with Crippen LogP contribution in [-0.4, -0.2) is 29.9 Å². The molecule has 3 rings (SSSR count). The predicted octanol–water partition coefficient (Wildman–Crippen LogP) is 3.86. The summed E-state index contributed by atoms with van der Waals surface area (Å²) in [6.07, 6.45) is 1.65. The summed E-state index contributed by atoms with van der Waals surface area (Å²) in [4.78, 5) is 4.37. The van der Waals surface area contributed by atoms with Crippen molar-refractivity contribution >= 4 is 32.5 Å². The molecule has 0 spiro atoms. The average molecular weight is 372 g/mol. The van der Waals surface area contributed by atoms with Gasteiger partial charge in [-0.25, -0.2) is 13.4 Å². The first-order chi connectivity index (χ1) is 11.1. The van der Waals surface area contributed by atoms with E-state index in [-0.39, 0.29) is 20.9 Å². The summed E-state index contributed by atoms with van der Waals surface area (Å²) in [7, 11) is -3.82. The van der Waals surface area contributed by atoms with E-state index in [0.717, 1.165) is 12.8 Å². The zero-order chi connectivity index (χ0) is 17.7. The Hall–Kier alpha value is -1.11. The molecule has 0 aliphatic heterocycles. The molecule has 1 heterocycles. The maximum Gasteiger partial charge on any atom is 0.200 e. The maximum atomic E-state index is 13.2. The molecule has 1 saturated carbocycles. The number of benzene rings is 1. The maximum absolute atomic E-state index is 13.2. The van der Waals surface area contributed by atoms with Crippen molar-refractivity contribution < 1.29 is 17.9 Å². The Morgan fingerprint density at radius 2 is 1.92 bits per heavy atom. The topological polar surface area (TPSA) is 80.4 Å². The number of aliphatic hydroxyl groups is 1. The van der Waals surface area contributed by atoms with E-state index in [1.807, 2.05) is 20.8 Å². The molecule has 1 fully saturated rings. The molecule has 132 valence electrons. The summed E-state index contributed by atoms with van der Waals surface area (Å²) < 4.78 is 32.1. The van der Waals surface area contributed by atoms with Crippen molar-refractivity contribution in [3.63, 3.8) is 0 Å². The van der Waals surface area contributed by atoms with Gasteiger partial charge in [-0.15, -0.1) is 0 Å². The number of nitrogens with zero attached hydrogens (tertiary/aromatic N) is 1. The van der Waals surface area contributed by atoms with Gasteiger partial charge in [-0.2, -0.15) is 0 Å². The number of oxazole rings is 1. The van der Waals surface area contributed by atoms with Crippen molar-refractivity contribution in [2.75, 3.05) is 0 Å². The fourth-order valence-electron chi connectivity index (χ4n) is 3.12. The first-order valence-corrected chi connectivity index (χ1v) is 10.1. The van der Waals surface area contributed by atoms with E-state index >= 15 is 0 Å². The number of hydrogen-bond acceptors (Lipinski definition) is 5. The number of fused-ring (bicyclic) bond motifs is 1. The zero-order valence-corrected chi connectivity index (χ0v) is 15.6. The van der Waals surface area contributed by atoms with Crippen LogP contribution in [0.2, 0.25) is 5.02 Å². The van der Waals surface area contributed by atoms with Crippen molar-refractivity contribution in [2.45, 2.75) is 68.1 Å². The molecule has 0 saturated heterocycles. The van der Waals surface area contributed by atoms with E-state index in [1.54, 1.807) is 6.07 Å². The van der Waals surface area contributed by atoms with Gasteiger partial charge >= 0.3 is 0 Å². The van der Waals surface area contributed by atoms with E-state index < -0.39 is 21.2 Å². The monoisotopic (exact) mass is 371 g/mol. The Kier molecular flexibility index (Phi) is 4.43. The highest BCUT2D eigenvalue weighted by atomic mass is 35.5. The van der Waals surface area contributed by atoms with Gasteiger partial charge in [-0.3, -0.25) is 0 Å². The van der Waals surface area contributed by atoms with Gasteiger partial charge in [0.15, 0.2) is 15.4 Å². The van der Waals surface area contributed by atoms with Crippen molar-refractivity contribution in [3.05, 3.63) is 23.0 Å². The molecular formula is C17H22ClNO4S. The second kappa shape index (κ2) is 6.00. The van der Waals surface area contributed by atoms with Crippen LogP contribution in [0.25, 0.3) is 11.1 Å². The highest BCUT2D eigenvalue weighted by Crippen LogP contribution is 2.38. The second-order valence-corrected chi connectivity index (χ2v) is 9.94. The van der Waals surface area contributed by atoms with Gasteiger partial charge in [0.25, 0.3) is 0 Å². The quantitative estimate of drug-likeness (QED) is 0.867. The molecule has 0 bridgehead atoms. The third-order valence-electron chi connectivity index (χ3n) is 4.46. The molecule has 1 aliphatic rings. The Morgan fingerprint density at radius 1 is 1.25 bits per heavy atom. The summed E-state index contributed by atoms with van der Waals surface area (Å²) in [6.45, 7) is 5.83. The van der Waals surface area contributed by atoms with Gasteiger partial charge in [0.05, 0.1) is 16.4 Å². The van der Waals surface area contributed by atoms with Crippen molar-refractivity contribution in [1.29, 1.82) is 0 Å². The predicted molar refractivity (Wildman–Crippen MR) is 93.2 cm³/mol. The van der Waals surface area contributed by atoms with Crippen molar-refractivity contribution in [2.24, 2.45) is 0 Å². The number of hydrogen-bond donors (Lipinski definition) is 1. The van der Waals surface area contributed by atoms with Crippen LogP contribution in [0.15, 0.2) is 21.4 Å². The number of aliphatic hydroxyl groups excluding tert-OH is 1. The van der Waals surface area contributed by atoms with Crippen LogP contribution in [-0.2, 0) is 15.3 Å². The van der Waals surface area contributed by atoms with Gasteiger partial charge < -0.3 is 9.52 Å². The third kappa shape index (κ3) is 2.95. The van der Waals surface area contributed by atoms with Gasteiger partial charge in [0, 0.05) is 5.41 Å². The smallest absolute Gasteiger partial charge is 0.200 e. The summed E-state index contributed by atoms with van der Waals surface area (Å²) in [6, 6.07) is 3.19. The normalized spacial score (nSPS) is 22.9. The lowest BCUT2D eigenvalue weighted by Crippen LogP contribution is -2.37. The molecule has 1 aromatic carbocycles. The first kappa shape index (κ1) is 17.7. The molecule has 0 radical (unpaired) electrons. The summed E-state index contributed by atoms with van der Waals surface area (Å²) >= 11 is 6.23. The molecule has 1 aromatic heterocycles. The lowest BCUT2D eigenvalue weighted by molar-refractivity contribution is 0.133. The highest BCUT2D eigenvalue weighted by molar-refractivity contribution is 7.92. The standard InChI is InChI=1S/C17H22ClNO4S/c1-17(2,3)16-19-11-9-8-10(18)15(14(11)23-16)24(21,22)13-7-5-4-6-12(13)20/h8-9,12-13,20H,4-7H2,1-3H3/t12-,13?/m0/s1. The van der Waals surface area contributed by atoms with Crippen LogP contribution >= 0.6 is 11.6 Å². The highest BCUT2D eigenvalue weighted by Gasteiger charge is 2.39.